The summed E-state index contributed by atoms with van der Waals surface area (Å²) < 4.78 is 1.66. The normalized spacial score (nSPS) is 15.0. The molecule has 8 heteroatoms. The Balaban J connectivity index is 1.34. The number of aromatic nitrogens is 4. The second-order valence-corrected chi connectivity index (χ2v) is 7.58. The molecule has 1 aromatic carbocycles. The van der Waals surface area contributed by atoms with Crippen LogP contribution in [-0.4, -0.2) is 43.9 Å². The van der Waals surface area contributed by atoms with Crippen LogP contribution in [0, 0.1) is 0 Å². The van der Waals surface area contributed by atoms with Gasteiger partial charge in [-0.3, -0.25) is 15.0 Å². The monoisotopic (exact) mass is 382 g/mol. The number of anilines is 1. The average Bonchev–Trinajstić information content (AvgIpc) is 3.33. The van der Waals surface area contributed by atoms with E-state index in [2.05, 4.69) is 25.5 Å². The molecule has 0 unspecified atom stereocenters. The van der Waals surface area contributed by atoms with Crippen molar-refractivity contribution in [1.29, 1.82) is 0 Å². The fourth-order valence-electron chi connectivity index (χ4n) is 3.19. The first-order valence-electron chi connectivity index (χ1n) is 9.18. The zero-order valence-electron chi connectivity index (χ0n) is 15.0. The van der Waals surface area contributed by atoms with Crippen molar-refractivity contribution in [1.82, 2.24) is 24.9 Å². The van der Waals surface area contributed by atoms with Gasteiger partial charge in [0.25, 0.3) is 5.91 Å². The first kappa shape index (κ1) is 17.8. The molecule has 2 aromatic heterocycles. The number of carbonyl (C=O) groups excluding carboxylic acids is 1. The molecule has 7 nitrogen and oxygen atoms in total. The van der Waals surface area contributed by atoms with Crippen LogP contribution in [0.15, 0.2) is 41.9 Å². The quantitative estimate of drug-likeness (QED) is 0.709. The molecule has 0 bridgehead atoms. The van der Waals surface area contributed by atoms with Gasteiger partial charge in [0.15, 0.2) is 10.8 Å². The Morgan fingerprint density at radius 2 is 1.93 bits per heavy atom. The number of nitrogens with one attached hydrogen (secondary N) is 1. The Kier molecular flexibility index (Phi) is 5.55. The highest BCUT2D eigenvalue weighted by Crippen LogP contribution is 2.19. The van der Waals surface area contributed by atoms with Gasteiger partial charge >= 0.3 is 0 Å². The Labute approximate surface area is 162 Å². The molecule has 0 radical (unpaired) electrons. The Morgan fingerprint density at radius 1 is 1.11 bits per heavy atom. The first-order valence-corrected chi connectivity index (χ1v) is 10.1. The van der Waals surface area contributed by atoms with E-state index in [9.17, 15) is 4.79 Å². The zero-order valence-corrected chi connectivity index (χ0v) is 15.9. The number of hydrogen-bond donors (Lipinski definition) is 1. The third-order valence-corrected chi connectivity index (χ3v) is 5.37. The Morgan fingerprint density at radius 3 is 2.74 bits per heavy atom. The largest absolute Gasteiger partial charge is 0.297 e. The van der Waals surface area contributed by atoms with E-state index in [0.29, 0.717) is 17.4 Å². The van der Waals surface area contributed by atoms with Crippen LogP contribution in [0.2, 0.25) is 0 Å². The summed E-state index contributed by atoms with van der Waals surface area (Å²) in [4.78, 5) is 19.4. The molecule has 1 saturated heterocycles. The second kappa shape index (κ2) is 8.41. The number of carbonyl (C=O) groups is 1. The topological polar surface area (TPSA) is 75.9 Å². The van der Waals surface area contributed by atoms with Gasteiger partial charge in [-0.1, -0.05) is 42.0 Å². The van der Waals surface area contributed by atoms with Crippen LogP contribution in [0.5, 0.6) is 0 Å². The molecule has 1 aliphatic heterocycles. The molecule has 140 valence electrons. The van der Waals surface area contributed by atoms with E-state index in [1.807, 2.05) is 35.7 Å². The van der Waals surface area contributed by atoms with Crippen molar-refractivity contribution >= 4 is 22.4 Å². The SMILES string of the molecule is O=C(Nc1nc(CN2CCCCC2)cs1)c1cn(Cc2ccccc2)nn1. The van der Waals surface area contributed by atoms with Gasteiger partial charge in [0, 0.05) is 11.9 Å². The molecule has 3 heterocycles. The number of hydrogen-bond acceptors (Lipinski definition) is 6. The van der Waals surface area contributed by atoms with Gasteiger partial charge in [-0.2, -0.15) is 0 Å². The summed E-state index contributed by atoms with van der Waals surface area (Å²) in [5.74, 6) is -0.284. The van der Waals surface area contributed by atoms with Crippen molar-refractivity contribution in [3.8, 4) is 0 Å². The van der Waals surface area contributed by atoms with Crippen LogP contribution < -0.4 is 5.32 Å². The molecule has 0 aliphatic carbocycles. The van der Waals surface area contributed by atoms with Gasteiger partial charge in [-0.05, 0) is 31.5 Å². The number of piperidine rings is 1. The van der Waals surface area contributed by atoms with E-state index in [4.69, 9.17) is 0 Å². The van der Waals surface area contributed by atoms with Crippen LogP contribution in [0.3, 0.4) is 0 Å². The van der Waals surface area contributed by atoms with Gasteiger partial charge in [0.05, 0.1) is 18.4 Å². The first-order chi connectivity index (χ1) is 13.3. The predicted molar refractivity (Wildman–Crippen MR) is 105 cm³/mol. The minimum absolute atomic E-state index is 0.284. The van der Waals surface area contributed by atoms with E-state index in [1.165, 1.54) is 30.6 Å². The molecule has 1 aliphatic rings. The lowest BCUT2D eigenvalue weighted by atomic mass is 10.1. The van der Waals surface area contributed by atoms with Crippen molar-refractivity contribution in [2.24, 2.45) is 0 Å². The summed E-state index contributed by atoms with van der Waals surface area (Å²) in [7, 11) is 0. The minimum Gasteiger partial charge on any atom is -0.297 e. The maximum Gasteiger partial charge on any atom is 0.279 e. The van der Waals surface area contributed by atoms with Crippen molar-refractivity contribution in [3.63, 3.8) is 0 Å². The third kappa shape index (κ3) is 4.78. The second-order valence-electron chi connectivity index (χ2n) is 6.72. The van der Waals surface area contributed by atoms with Crippen LogP contribution in [0.25, 0.3) is 0 Å². The van der Waals surface area contributed by atoms with E-state index in [1.54, 1.807) is 10.9 Å². The lowest BCUT2D eigenvalue weighted by molar-refractivity contribution is 0.102. The highest BCUT2D eigenvalue weighted by Gasteiger charge is 2.15. The van der Waals surface area contributed by atoms with Crippen molar-refractivity contribution in [2.45, 2.75) is 32.4 Å². The molecule has 4 rings (SSSR count). The summed E-state index contributed by atoms with van der Waals surface area (Å²) in [6.45, 7) is 3.69. The van der Waals surface area contributed by atoms with Gasteiger partial charge in [-0.15, -0.1) is 16.4 Å². The minimum atomic E-state index is -0.284. The lowest BCUT2D eigenvalue weighted by Crippen LogP contribution is -2.29. The van der Waals surface area contributed by atoms with E-state index >= 15 is 0 Å². The zero-order chi connectivity index (χ0) is 18.5. The smallest absolute Gasteiger partial charge is 0.279 e. The highest BCUT2D eigenvalue weighted by atomic mass is 32.1. The molecule has 3 aromatic rings. The maximum atomic E-state index is 12.4. The molecule has 0 saturated carbocycles. The summed E-state index contributed by atoms with van der Waals surface area (Å²) >= 11 is 1.45. The number of amides is 1. The molecule has 0 spiro atoms. The Hall–Kier alpha value is -2.58. The number of benzene rings is 1. The predicted octanol–water partition coefficient (Wildman–Crippen LogP) is 3.02. The molecular weight excluding hydrogens is 360 g/mol. The summed E-state index contributed by atoms with van der Waals surface area (Å²) in [5.41, 5.74) is 2.40. The number of nitrogens with zero attached hydrogens (tertiary/aromatic N) is 5. The fraction of sp³-hybridized carbons (Fsp3) is 0.368. The molecule has 0 atom stereocenters. The number of rotatable bonds is 6. The van der Waals surface area contributed by atoms with E-state index < -0.39 is 0 Å². The summed E-state index contributed by atoms with van der Waals surface area (Å²) in [5, 5.41) is 13.5. The van der Waals surface area contributed by atoms with Crippen LogP contribution in [0.1, 0.15) is 41.0 Å². The molecule has 1 amide bonds. The standard InChI is InChI=1S/C19H22N6OS/c26-18(17-13-25(23-22-17)11-15-7-3-1-4-8-15)21-19-20-16(14-27-19)12-24-9-5-2-6-10-24/h1,3-4,7-8,13-14H,2,5-6,9-12H2,(H,20,21,26). The van der Waals surface area contributed by atoms with Crippen molar-refractivity contribution < 1.29 is 4.79 Å². The highest BCUT2D eigenvalue weighted by molar-refractivity contribution is 7.13. The van der Waals surface area contributed by atoms with Crippen molar-refractivity contribution in [2.75, 3.05) is 18.4 Å². The lowest BCUT2D eigenvalue weighted by Gasteiger charge is -2.25. The fourth-order valence-corrected chi connectivity index (χ4v) is 3.89. The number of likely N-dealkylation sites (tertiary alicyclic amines) is 1. The summed E-state index contributed by atoms with van der Waals surface area (Å²) in [6.07, 6.45) is 5.49. The molecule has 1 fully saturated rings. The van der Waals surface area contributed by atoms with Crippen LogP contribution >= 0.6 is 11.3 Å². The number of thiazole rings is 1. The molecule has 1 N–H and O–H groups in total. The summed E-state index contributed by atoms with van der Waals surface area (Å²) in [6, 6.07) is 9.95. The van der Waals surface area contributed by atoms with E-state index in [-0.39, 0.29) is 5.91 Å². The van der Waals surface area contributed by atoms with Gasteiger partial charge in [0.1, 0.15) is 0 Å². The van der Waals surface area contributed by atoms with Gasteiger partial charge in [0.2, 0.25) is 0 Å². The van der Waals surface area contributed by atoms with Crippen LogP contribution in [-0.2, 0) is 13.1 Å². The average molecular weight is 382 g/mol. The van der Waals surface area contributed by atoms with Gasteiger partial charge in [-0.25, -0.2) is 9.67 Å². The van der Waals surface area contributed by atoms with Crippen LogP contribution in [0.4, 0.5) is 5.13 Å². The van der Waals surface area contributed by atoms with Gasteiger partial charge < -0.3 is 0 Å². The van der Waals surface area contributed by atoms with E-state index in [0.717, 1.165) is 30.9 Å². The third-order valence-electron chi connectivity index (χ3n) is 4.57. The molecular formula is C19H22N6OS. The Bertz CT molecular complexity index is 885. The molecule has 27 heavy (non-hydrogen) atoms. The maximum absolute atomic E-state index is 12.4. The van der Waals surface area contributed by atoms with Crippen molar-refractivity contribution in [3.05, 3.63) is 58.9 Å².